The van der Waals surface area contributed by atoms with Crippen LogP contribution in [0, 0.1) is 0 Å². The van der Waals surface area contributed by atoms with Crippen molar-refractivity contribution in [1.82, 2.24) is 10.2 Å². The van der Waals surface area contributed by atoms with Gasteiger partial charge in [0.05, 0.1) is 27.4 Å². The van der Waals surface area contributed by atoms with Crippen molar-refractivity contribution in [3.05, 3.63) is 23.8 Å². The molecule has 0 amide bonds. The van der Waals surface area contributed by atoms with E-state index in [1.54, 1.807) is 14.2 Å². The number of hydrogen-bond acceptors (Lipinski definition) is 4. The van der Waals surface area contributed by atoms with Crippen LogP contribution >= 0.6 is 24.0 Å². The predicted octanol–water partition coefficient (Wildman–Crippen LogP) is 3.54. The second-order valence-corrected chi connectivity index (χ2v) is 5.74. The van der Waals surface area contributed by atoms with Gasteiger partial charge in [-0.05, 0) is 25.5 Å². The molecular formula is C19H34IN3O3. The van der Waals surface area contributed by atoms with E-state index in [1.165, 1.54) is 0 Å². The number of methoxy groups -OCH3 is 2. The van der Waals surface area contributed by atoms with Crippen LogP contribution in [0.2, 0.25) is 0 Å². The molecule has 0 fully saturated rings. The lowest BCUT2D eigenvalue weighted by Crippen LogP contribution is -2.38. The number of aliphatic imine (C=N–C) groups is 1. The average Bonchev–Trinajstić information content (AvgIpc) is 2.63. The Labute approximate surface area is 175 Å². The van der Waals surface area contributed by atoms with Crippen LogP contribution in [-0.2, 0) is 11.3 Å². The molecule has 1 N–H and O–H groups in total. The fourth-order valence-corrected chi connectivity index (χ4v) is 2.35. The summed E-state index contributed by atoms with van der Waals surface area (Å²) >= 11 is 0. The number of ether oxygens (including phenoxy) is 3. The third-order valence-electron chi connectivity index (χ3n) is 3.74. The first-order valence-electron chi connectivity index (χ1n) is 8.94. The van der Waals surface area contributed by atoms with E-state index in [1.807, 2.05) is 25.2 Å². The Balaban J connectivity index is 0.00000625. The smallest absolute Gasteiger partial charge is 0.194 e. The summed E-state index contributed by atoms with van der Waals surface area (Å²) < 4.78 is 16.3. The second-order valence-electron chi connectivity index (χ2n) is 5.74. The van der Waals surface area contributed by atoms with Crippen LogP contribution in [-0.4, -0.2) is 58.4 Å². The van der Waals surface area contributed by atoms with E-state index >= 15 is 0 Å². The lowest BCUT2D eigenvalue weighted by molar-refractivity contribution is 0.138. The molecule has 0 heterocycles. The topological polar surface area (TPSA) is 55.3 Å². The van der Waals surface area contributed by atoms with Crippen LogP contribution in [0.5, 0.6) is 11.5 Å². The number of unbranched alkanes of at least 4 members (excludes halogenated alkanes) is 1. The SMILES string of the molecule is CCCCOCCN=C(NCC)N(C)Cc1ccc(OC)cc1OC.I. The summed E-state index contributed by atoms with van der Waals surface area (Å²) in [4.78, 5) is 6.72. The number of halogens is 1. The van der Waals surface area contributed by atoms with Crippen molar-refractivity contribution in [3.8, 4) is 11.5 Å². The summed E-state index contributed by atoms with van der Waals surface area (Å²) in [6.45, 7) is 7.84. The number of nitrogens with one attached hydrogen (secondary N) is 1. The van der Waals surface area contributed by atoms with Crippen LogP contribution < -0.4 is 14.8 Å². The first kappa shape index (κ1) is 24.8. The Morgan fingerprint density at radius 2 is 1.92 bits per heavy atom. The zero-order valence-corrected chi connectivity index (χ0v) is 19.0. The third-order valence-corrected chi connectivity index (χ3v) is 3.74. The number of rotatable bonds is 11. The van der Waals surface area contributed by atoms with Crippen LogP contribution in [0.15, 0.2) is 23.2 Å². The van der Waals surface area contributed by atoms with Gasteiger partial charge in [-0.15, -0.1) is 24.0 Å². The molecule has 26 heavy (non-hydrogen) atoms. The molecule has 0 saturated heterocycles. The maximum absolute atomic E-state index is 5.58. The molecule has 0 bridgehead atoms. The highest BCUT2D eigenvalue weighted by Gasteiger charge is 2.11. The van der Waals surface area contributed by atoms with Crippen LogP contribution in [0.3, 0.4) is 0 Å². The molecule has 0 atom stereocenters. The molecule has 1 rings (SSSR count). The summed E-state index contributed by atoms with van der Waals surface area (Å²) in [7, 11) is 5.34. The van der Waals surface area contributed by atoms with E-state index in [9.17, 15) is 0 Å². The van der Waals surface area contributed by atoms with Crippen molar-refractivity contribution in [2.45, 2.75) is 33.2 Å². The quantitative estimate of drug-likeness (QED) is 0.228. The Hall–Kier alpha value is -1.22. The lowest BCUT2D eigenvalue weighted by Gasteiger charge is -2.23. The molecule has 0 radical (unpaired) electrons. The molecular weight excluding hydrogens is 445 g/mol. The Bertz CT molecular complexity index is 527. The third kappa shape index (κ3) is 8.93. The molecule has 7 heteroatoms. The molecule has 1 aromatic carbocycles. The van der Waals surface area contributed by atoms with Crippen LogP contribution in [0.25, 0.3) is 0 Å². The minimum atomic E-state index is 0. The zero-order chi connectivity index (χ0) is 18.5. The van der Waals surface area contributed by atoms with Crippen molar-refractivity contribution in [2.24, 2.45) is 4.99 Å². The summed E-state index contributed by atoms with van der Waals surface area (Å²) in [6.07, 6.45) is 2.25. The Morgan fingerprint density at radius 3 is 2.54 bits per heavy atom. The molecule has 0 unspecified atom stereocenters. The van der Waals surface area contributed by atoms with E-state index in [-0.39, 0.29) is 24.0 Å². The molecule has 0 aromatic heterocycles. The van der Waals surface area contributed by atoms with Gasteiger partial charge >= 0.3 is 0 Å². The Morgan fingerprint density at radius 1 is 1.15 bits per heavy atom. The van der Waals surface area contributed by atoms with Gasteiger partial charge in [-0.3, -0.25) is 4.99 Å². The highest BCUT2D eigenvalue weighted by molar-refractivity contribution is 14.0. The summed E-state index contributed by atoms with van der Waals surface area (Å²) in [5, 5.41) is 3.32. The second kappa shape index (κ2) is 14.9. The first-order valence-corrected chi connectivity index (χ1v) is 8.94. The highest BCUT2D eigenvalue weighted by Crippen LogP contribution is 2.25. The minimum Gasteiger partial charge on any atom is -0.497 e. The monoisotopic (exact) mass is 479 g/mol. The maximum atomic E-state index is 5.58. The van der Waals surface area contributed by atoms with E-state index in [2.05, 4.69) is 29.1 Å². The first-order chi connectivity index (χ1) is 12.2. The zero-order valence-electron chi connectivity index (χ0n) is 16.7. The van der Waals surface area contributed by atoms with E-state index in [0.717, 1.165) is 49.0 Å². The molecule has 0 saturated carbocycles. The summed E-state index contributed by atoms with van der Waals surface area (Å²) in [6, 6.07) is 5.86. The van der Waals surface area contributed by atoms with Gasteiger partial charge in [0.2, 0.25) is 0 Å². The molecule has 0 aliphatic heterocycles. The number of guanidine groups is 1. The molecule has 0 aliphatic carbocycles. The van der Waals surface area contributed by atoms with E-state index < -0.39 is 0 Å². The summed E-state index contributed by atoms with van der Waals surface area (Å²) in [5.41, 5.74) is 1.08. The van der Waals surface area contributed by atoms with E-state index in [0.29, 0.717) is 19.7 Å². The molecule has 150 valence electrons. The fourth-order valence-electron chi connectivity index (χ4n) is 2.35. The lowest BCUT2D eigenvalue weighted by atomic mass is 10.2. The summed E-state index contributed by atoms with van der Waals surface area (Å²) in [5.74, 6) is 2.46. The van der Waals surface area contributed by atoms with Crippen LogP contribution in [0.4, 0.5) is 0 Å². The predicted molar refractivity (Wildman–Crippen MR) is 118 cm³/mol. The molecule has 0 aliphatic rings. The van der Waals surface area contributed by atoms with Crippen LogP contribution in [0.1, 0.15) is 32.3 Å². The van der Waals surface area contributed by atoms with Crippen molar-refractivity contribution in [1.29, 1.82) is 0 Å². The van der Waals surface area contributed by atoms with Gasteiger partial charge in [-0.2, -0.15) is 0 Å². The average molecular weight is 479 g/mol. The number of benzene rings is 1. The Kier molecular flexibility index (Phi) is 14.2. The fraction of sp³-hybridized carbons (Fsp3) is 0.632. The number of hydrogen-bond donors (Lipinski definition) is 1. The largest absolute Gasteiger partial charge is 0.497 e. The van der Waals surface area contributed by atoms with Crippen molar-refractivity contribution in [3.63, 3.8) is 0 Å². The molecule has 0 spiro atoms. The van der Waals surface area contributed by atoms with Crippen molar-refractivity contribution < 1.29 is 14.2 Å². The van der Waals surface area contributed by atoms with Crippen molar-refractivity contribution in [2.75, 3.05) is 47.6 Å². The number of nitrogens with zero attached hydrogens (tertiary/aromatic N) is 2. The van der Waals surface area contributed by atoms with Gasteiger partial charge < -0.3 is 24.4 Å². The van der Waals surface area contributed by atoms with Crippen molar-refractivity contribution >= 4 is 29.9 Å². The molecule has 1 aromatic rings. The maximum Gasteiger partial charge on any atom is 0.194 e. The standard InChI is InChI=1S/C19H33N3O3.HI/c1-6-8-12-25-13-11-21-19(20-7-2)22(3)15-16-9-10-17(23-4)14-18(16)24-5;/h9-10,14H,6-8,11-13,15H2,1-5H3,(H,20,21);1H. The normalized spacial score (nSPS) is 10.9. The van der Waals surface area contributed by atoms with Gasteiger partial charge in [-0.1, -0.05) is 13.3 Å². The van der Waals surface area contributed by atoms with Gasteiger partial charge in [0.1, 0.15) is 11.5 Å². The van der Waals surface area contributed by atoms with E-state index in [4.69, 9.17) is 14.2 Å². The molecule has 6 nitrogen and oxygen atoms in total. The van der Waals surface area contributed by atoms with Gasteiger partial charge in [0.15, 0.2) is 5.96 Å². The van der Waals surface area contributed by atoms with Gasteiger partial charge in [-0.25, -0.2) is 0 Å². The minimum absolute atomic E-state index is 0. The van der Waals surface area contributed by atoms with Gasteiger partial charge in [0.25, 0.3) is 0 Å². The highest BCUT2D eigenvalue weighted by atomic mass is 127. The van der Waals surface area contributed by atoms with Gasteiger partial charge in [0, 0.05) is 38.4 Å².